The molecule has 1 aromatic carbocycles. The van der Waals surface area contributed by atoms with Crippen molar-refractivity contribution in [2.75, 3.05) is 37.6 Å². The Kier molecular flexibility index (Phi) is 4.04. The molecule has 3 rings (SSSR count). The molecule has 4 heteroatoms. The summed E-state index contributed by atoms with van der Waals surface area (Å²) < 4.78 is 5.52. The van der Waals surface area contributed by atoms with Gasteiger partial charge in [0.1, 0.15) is 5.76 Å². The van der Waals surface area contributed by atoms with Gasteiger partial charge in [0, 0.05) is 38.4 Å². The van der Waals surface area contributed by atoms with Crippen molar-refractivity contribution in [3.8, 4) is 0 Å². The first kappa shape index (κ1) is 13.2. The molecule has 1 aliphatic rings. The van der Waals surface area contributed by atoms with Crippen LogP contribution in [0.2, 0.25) is 0 Å². The first-order valence-electron chi connectivity index (χ1n) is 7.16. The van der Waals surface area contributed by atoms with E-state index in [-0.39, 0.29) is 6.04 Å². The van der Waals surface area contributed by atoms with Crippen LogP contribution in [0.5, 0.6) is 0 Å². The van der Waals surface area contributed by atoms with Crippen LogP contribution in [0.15, 0.2) is 53.1 Å². The Morgan fingerprint density at radius 2 is 1.75 bits per heavy atom. The second-order valence-electron chi connectivity index (χ2n) is 5.13. The van der Waals surface area contributed by atoms with Gasteiger partial charge in [-0.05, 0) is 24.3 Å². The molecule has 106 valence electrons. The molecule has 1 fully saturated rings. The normalized spacial score (nSPS) is 18.1. The Balaban J connectivity index is 1.63. The SMILES string of the molecule is NCC(c1ccco1)N1CCN(c2ccccc2)CC1. The van der Waals surface area contributed by atoms with Crippen molar-refractivity contribution < 1.29 is 4.42 Å². The second-order valence-corrected chi connectivity index (χ2v) is 5.13. The fraction of sp³-hybridized carbons (Fsp3) is 0.375. The largest absolute Gasteiger partial charge is 0.468 e. The van der Waals surface area contributed by atoms with Crippen LogP contribution in [0.3, 0.4) is 0 Å². The Labute approximate surface area is 119 Å². The number of hydrogen-bond donors (Lipinski definition) is 1. The van der Waals surface area contributed by atoms with Gasteiger partial charge in [-0.25, -0.2) is 0 Å². The monoisotopic (exact) mass is 271 g/mol. The number of piperazine rings is 1. The molecule has 1 atom stereocenters. The van der Waals surface area contributed by atoms with Crippen molar-refractivity contribution in [2.24, 2.45) is 5.73 Å². The molecule has 4 nitrogen and oxygen atoms in total. The molecule has 20 heavy (non-hydrogen) atoms. The van der Waals surface area contributed by atoms with Crippen LogP contribution < -0.4 is 10.6 Å². The number of anilines is 1. The zero-order valence-corrected chi connectivity index (χ0v) is 11.6. The molecule has 2 aromatic rings. The Morgan fingerprint density at radius 1 is 1.00 bits per heavy atom. The molecule has 2 heterocycles. The average Bonchev–Trinajstić information content (AvgIpc) is 3.04. The molecule has 2 N–H and O–H groups in total. The third-order valence-corrected chi connectivity index (χ3v) is 3.97. The van der Waals surface area contributed by atoms with Crippen LogP contribution in [0.4, 0.5) is 5.69 Å². The zero-order valence-electron chi connectivity index (χ0n) is 11.6. The fourth-order valence-electron chi connectivity index (χ4n) is 2.86. The maximum absolute atomic E-state index is 5.93. The van der Waals surface area contributed by atoms with E-state index in [0.717, 1.165) is 31.9 Å². The number of para-hydroxylation sites is 1. The standard InChI is InChI=1S/C16H21N3O/c17-13-15(16-7-4-12-20-16)19-10-8-18(9-11-19)14-5-2-1-3-6-14/h1-7,12,15H,8-11,13,17H2. The predicted octanol–water partition coefficient (Wildman–Crippen LogP) is 2.10. The highest BCUT2D eigenvalue weighted by Crippen LogP contribution is 2.23. The number of furan rings is 1. The van der Waals surface area contributed by atoms with Crippen molar-refractivity contribution >= 4 is 5.69 Å². The van der Waals surface area contributed by atoms with E-state index < -0.39 is 0 Å². The fourth-order valence-corrected chi connectivity index (χ4v) is 2.86. The highest BCUT2D eigenvalue weighted by atomic mass is 16.3. The summed E-state index contributed by atoms with van der Waals surface area (Å²) in [6.07, 6.45) is 1.72. The minimum atomic E-state index is 0.197. The highest BCUT2D eigenvalue weighted by Gasteiger charge is 2.25. The van der Waals surface area contributed by atoms with Gasteiger partial charge in [-0.2, -0.15) is 0 Å². The molecule has 1 aliphatic heterocycles. The van der Waals surface area contributed by atoms with Crippen LogP contribution in [0.1, 0.15) is 11.8 Å². The van der Waals surface area contributed by atoms with Crippen molar-refractivity contribution in [3.63, 3.8) is 0 Å². The molecule has 1 aromatic heterocycles. The molecular weight excluding hydrogens is 250 g/mol. The number of rotatable bonds is 4. The Morgan fingerprint density at radius 3 is 2.35 bits per heavy atom. The van der Waals surface area contributed by atoms with Gasteiger partial charge in [-0.1, -0.05) is 18.2 Å². The van der Waals surface area contributed by atoms with E-state index in [1.165, 1.54) is 5.69 Å². The molecule has 1 unspecified atom stereocenters. The van der Waals surface area contributed by atoms with Gasteiger partial charge in [0.05, 0.1) is 12.3 Å². The Bertz CT molecular complexity index is 504. The number of benzene rings is 1. The van der Waals surface area contributed by atoms with E-state index in [4.69, 9.17) is 10.2 Å². The Hall–Kier alpha value is -1.78. The van der Waals surface area contributed by atoms with Gasteiger partial charge in [0.25, 0.3) is 0 Å². The molecule has 0 saturated carbocycles. The lowest BCUT2D eigenvalue weighted by Gasteiger charge is -2.39. The molecule has 0 bridgehead atoms. The molecule has 0 aliphatic carbocycles. The van der Waals surface area contributed by atoms with Crippen molar-refractivity contribution in [3.05, 3.63) is 54.5 Å². The molecule has 0 amide bonds. The van der Waals surface area contributed by atoms with Crippen LogP contribution in [-0.4, -0.2) is 37.6 Å². The molecule has 0 radical (unpaired) electrons. The van der Waals surface area contributed by atoms with Gasteiger partial charge in [0.15, 0.2) is 0 Å². The summed E-state index contributed by atoms with van der Waals surface area (Å²) in [5, 5.41) is 0. The van der Waals surface area contributed by atoms with E-state index in [1.807, 2.05) is 12.1 Å². The van der Waals surface area contributed by atoms with Crippen molar-refractivity contribution in [1.29, 1.82) is 0 Å². The summed E-state index contributed by atoms with van der Waals surface area (Å²) >= 11 is 0. The lowest BCUT2D eigenvalue weighted by atomic mass is 10.1. The van der Waals surface area contributed by atoms with Crippen molar-refractivity contribution in [1.82, 2.24) is 4.90 Å². The summed E-state index contributed by atoms with van der Waals surface area (Å²) in [5.74, 6) is 0.973. The average molecular weight is 271 g/mol. The van der Waals surface area contributed by atoms with E-state index in [1.54, 1.807) is 6.26 Å². The molecule has 1 saturated heterocycles. The van der Waals surface area contributed by atoms with Crippen LogP contribution in [0, 0.1) is 0 Å². The van der Waals surface area contributed by atoms with Crippen LogP contribution in [0.25, 0.3) is 0 Å². The van der Waals surface area contributed by atoms with E-state index in [2.05, 4.69) is 40.1 Å². The minimum Gasteiger partial charge on any atom is -0.468 e. The quantitative estimate of drug-likeness (QED) is 0.925. The highest BCUT2D eigenvalue weighted by molar-refractivity contribution is 5.46. The summed E-state index contributed by atoms with van der Waals surface area (Å²) in [4.78, 5) is 4.84. The molecule has 0 spiro atoms. The number of nitrogens with two attached hydrogens (primary N) is 1. The summed E-state index contributed by atoms with van der Waals surface area (Å²) in [7, 11) is 0. The van der Waals surface area contributed by atoms with Gasteiger partial charge in [-0.15, -0.1) is 0 Å². The third kappa shape index (κ3) is 2.71. The lowest BCUT2D eigenvalue weighted by Crippen LogP contribution is -2.49. The lowest BCUT2D eigenvalue weighted by molar-refractivity contribution is 0.169. The third-order valence-electron chi connectivity index (χ3n) is 3.97. The maximum Gasteiger partial charge on any atom is 0.122 e. The summed E-state index contributed by atoms with van der Waals surface area (Å²) in [6, 6.07) is 14.7. The topological polar surface area (TPSA) is 45.6 Å². The number of hydrogen-bond acceptors (Lipinski definition) is 4. The first-order valence-corrected chi connectivity index (χ1v) is 7.16. The van der Waals surface area contributed by atoms with Crippen molar-refractivity contribution in [2.45, 2.75) is 6.04 Å². The molecular formula is C16H21N3O. The van der Waals surface area contributed by atoms with Gasteiger partial charge < -0.3 is 15.1 Å². The van der Waals surface area contributed by atoms with Gasteiger partial charge >= 0.3 is 0 Å². The van der Waals surface area contributed by atoms with Crippen LogP contribution in [-0.2, 0) is 0 Å². The van der Waals surface area contributed by atoms with Gasteiger partial charge in [-0.3, -0.25) is 4.90 Å². The summed E-state index contributed by atoms with van der Waals surface area (Å²) in [5.41, 5.74) is 7.23. The van der Waals surface area contributed by atoms with E-state index in [9.17, 15) is 0 Å². The maximum atomic E-state index is 5.93. The van der Waals surface area contributed by atoms with Crippen LogP contribution >= 0.6 is 0 Å². The van der Waals surface area contributed by atoms with E-state index >= 15 is 0 Å². The predicted molar refractivity (Wildman–Crippen MR) is 80.7 cm³/mol. The first-order chi connectivity index (χ1) is 9.88. The zero-order chi connectivity index (χ0) is 13.8. The summed E-state index contributed by atoms with van der Waals surface area (Å²) in [6.45, 7) is 4.68. The number of nitrogens with zero attached hydrogens (tertiary/aromatic N) is 2. The minimum absolute atomic E-state index is 0.197. The smallest absolute Gasteiger partial charge is 0.122 e. The second kappa shape index (κ2) is 6.11. The van der Waals surface area contributed by atoms with Gasteiger partial charge in [0.2, 0.25) is 0 Å². The van der Waals surface area contributed by atoms with E-state index in [0.29, 0.717) is 6.54 Å².